The van der Waals surface area contributed by atoms with E-state index in [1.807, 2.05) is 30.3 Å². The molecule has 122 valence electrons. The topological polar surface area (TPSA) is 81.2 Å². The van der Waals surface area contributed by atoms with E-state index in [0.29, 0.717) is 5.13 Å². The van der Waals surface area contributed by atoms with Gasteiger partial charge in [-0.15, -0.1) is 10.2 Å². The fraction of sp³-hybridized carbons (Fsp3) is 0.375. The van der Waals surface area contributed by atoms with E-state index in [9.17, 15) is 9.59 Å². The van der Waals surface area contributed by atoms with Gasteiger partial charge in [0.1, 0.15) is 5.01 Å². The van der Waals surface area contributed by atoms with E-state index in [0.717, 1.165) is 10.6 Å². The first-order chi connectivity index (χ1) is 10.9. The third kappa shape index (κ3) is 4.35. The lowest BCUT2D eigenvalue weighted by Gasteiger charge is -2.21. The van der Waals surface area contributed by atoms with E-state index < -0.39 is 5.97 Å². The lowest BCUT2D eigenvalue weighted by atomic mass is 9.85. The number of carbonyl (C=O) groups is 2. The Kier molecular flexibility index (Phi) is 5.44. The molecule has 0 saturated heterocycles. The average Bonchev–Trinajstić information content (AvgIpc) is 3.02. The summed E-state index contributed by atoms with van der Waals surface area (Å²) in [6.07, 6.45) is 0.104. The van der Waals surface area contributed by atoms with E-state index >= 15 is 0 Å². The van der Waals surface area contributed by atoms with Crippen molar-refractivity contribution in [1.82, 2.24) is 10.2 Å². The number of amides is 1. The summed E-state index contributed by atoms with van der Waals surface area (Å²) in [6, 6.07) is 10.00. The number of esters is 1. The summed E-state index contributed by atoms with van der Waals surface area (Å²) in [5, 5.41) is 12.1. The van der Waals surface area contributed by atoms with Gasteiger partial charge >= 0.3 is 5.97 Å². The van der Waals surface area contributed by atoms with Crippen LogP contribution in [0.5, 0.6) is 0 Å². The molecule has 6 nitrogen and oxygen atoms in total. The monoisotopic (exact) mass is 333 g/mol. The number of benzene rings is 1. The molecule has 1 aromatic heterocycles. The molecule has 0 fully saturated rings. The van der Waals surface area contributed by atoms with Crippen molar-refractivity contribution in [2.75, 3.05) is 12.4 Å². The third-order valence-electron chi connectivity index (χ3n) is 3.49. The molecule has 23 heavy (non-hydrogen) atoms. The molecule has 0 bridgehead atoms. The summed E-state index contributed by atoms with van der Waals surface area (Å²) in [4.78, 5) is 22.8. The third-order valence-corrected chi connectivity index (χ3v) is 4.65. The van der Waals surface area contributed by atoms with Gasteiger partial charge < -0.3 is 10.1 Å². The highest BCUT2D eigenvalue weighted by Gasteiger charge is 2.27. The van der Waals surface area contributed by atoms with Crippen molar-refractivity contribution in [3.8, 4) is 0 Å². The van der Waals surface area contributed by atoms with Crippen LogP contribution in [0.1, 0.15) is 37.3 Å². The maximum Gasteiger partial charge on any atom is 0.306 e. The zero-order valence-electron chi connectivity index (χ0n) is 13.3. The maximum atomic E-state index is 11.8. The van der Waals surface area contributed by atoms with E-state index in [4.69, 9.17) is 0 Å². The molecule has 0 aliphatic rings. The number of hydrogen-bond donors (Lipinski definition) is 1. The van der Waals surface area contributed by atoms with Gasteiger partial charge in [0.25, 0.3) is 0 Å². The van der Waals surface area contributed by atoms with Crippen molar-refractivity contribution in [2.45, 2.75) is 32.1 Å². The van der Waals surface area contributed by atoms with Gasteiger partial charge in [0.2, 0.25) is 11.0 Å². The fourth-order valence-electron chi connectivity index (χ4n) is 2.00. The Hall–Kier alpha value is -2.28. The Balaban J connectivity index is 2.03. The van der Waals surface area contributed by atoms with Crippen molar-refractivity contribution < 1.29 is 14.3 Å². The molecular weight excluding hydrogens is 314 g/mol. The van der Waals surface area contributed by atoms with Crippen LogP contribution in [0.4, 0.5) is 5.13 Å². The van der Waals surface area contributed by atoms with E-state index in [1.54, 1.807) is 0 Å². The Labute approximate surface area is 138 Å². The quantitative estimate of drug-likeness (QED) is 0.822. The van der Waals surface area contributed by atoms with Gasteiger partial charge in [0, 0.05) is 11.8 Å². The second kappa shape index (κ2) is 7.32. The maximum absolute atomic E-state index is 11.8. The first-order valence-corrected chi connectivity index (χ1v) is 8.01. The first-order valence-electron chi connectivity index (χ1n) is 7.19. The number of hydrogen-bond acceptors (Lipinski definition) is 6. The molecule has 0 saturated carbocycles. The molecule has 0 aliphatic carbocycles. The van der Waals surface area contributed by atoms with Gasteiger partial charge in [-0.1, -0.05) is 41.7 Å². The Morgan fingerprint density at radius 1 is 1.17 bits per heavy atom. The highest BCUT2D eigenvalue weighted by molar-refractivity contribution is 7.15. The van der Waals surface area contributed by atoms with Crippen LogP contribution >= 0.6 is 11.3 Å². The summed E-state index contributed by atoms with van der Waals surface area (Å²) in [5.41, 5.74) is 0.827. The van der Waals surface area contributed by atoms with Crippen LogP contribution in [-0.2, 0) is 19.7 Å². The molecule has 0 atom stereocenters. The number of ether oxygens (including phenoxy) is 1. The summed E-state index contributed by atoms with van der Waals surface area (Å²) >= 11 is 1.33. The van der Waals surface area contributed by atoms with Gasteiger partial charge in [-0.25, -0.2) is 0 Å². The lowest BCUT2D eigenvalue weighted by Crippen LogP contribution is -2.18. The van der Waals surface area contributed by atoms with Gasteiger partial charge in [0.05, 0.1) is 13.5 Å². The van der Waals surface area contributed by atoms with Crippen molar-refractivity contribution >= 4 is 28.3 Å². The molecule has 7 heteroatoms. The summed E-state index contributed by atoms with van der Waals surface area (Å²) in [7, 11) is 1.29. The zero-order valence-corrected chi connectivity index (χ0v) is 14.1. The van der Waals surface area contributed by atoms with Gasteiger partial charge in [-0.3, -0.25) is 9.59 Å². The van der Waals surface area contributed by atoms with E-state index in [2.05, 4.69) is 34.1 Å². The van der Waals surface area contributed by atoms with Crippen LogP contribution in [0.25, 0.3) is 0 Å². The minimum Gasteiger partial charge on any atom is -0.469 e. The van der Waals surface area contributed by atoms with Crippen molar-refractivity contribution in [1.29, 1.82) is 0 Å². The van der Waals surface area contributed by atoms with Crippen molar-refractivity contribution in [2.24, 2.45) is 0 Å². The number of methoxy groups -OCH3 is 1. The molecule has 0 spiro atoms. The lowest BCUT2D eigenvalue weighted by molar-refractivity contribution is -0.141. The molecular formula is C16H19N3O3S. The largest absolute Gasteiger partial charge is 0.469 e. The number of nitrogens with one attached hydrogen (secondary N) is 1. The second-order valence-electron chi connectivity index (χ2n) is 5.53. The standard InChI is InChI=1S/C16H19N3O3S/c1-16(2,11-7-5-4-6-8-11)14-18-19-15(23-14)17-12(20)9-10-13(21)22-3/h4-8H,9-10H2,1-3H3,(H,17,19,20). The van der Waals surface area contributed by atoms with Crippen LogP contribution in [0.3, 0.4) is 0 Å². The van der Waals surface area contributed by atoms with Gasteiger partial charge in [-0.2, -0.15) is 0 Å². The normalized spacial score (nSPS) is 11.1. The Morgan fingerprint density at radius 3 is 2.52 bits per heavy atom. The number of carbonyl (C=O) groups excluding carboxylic acids is 2. The number of nitrogens with zero attached hydrogens (tertiary/aromatic N) is 2. The molecule has 1 N–H and O–H groups in total. The Morgan fingerprint density at radius 2 is 1.87 bits per heavy atom. The molecule has 1 heterocycles. The predicted molar refractivity (Wildman–Crippen MR) is 88.4 cm³/mol. The number of rotatable bonds is 6. The number of anilines is 1. The fourth-order valence-corrected chi connectivity index (χ4v) is 2.89. The van der Waals surface area contributed by atoms with Crippen LogP contribution in [0, 0.1) is 0 Å². The second-order valence-corrected chi connectivity index (χ2v) is 6.51. The molecule has 0 aliphatic heterocycles. The zero-order chi connectivity index (χ0) is 16.9. The van der Waals surface area contributed by atoms with Gasteiger partial charge in [-0.05, 0) is 19.4 Å². The Bertz CT molecular complexity index is 683. The van der Waals surface area contributed by atoms with Crippen LogP contribution in [0.15, 0.2) is 30.3 Å². The van der Waals surface area contributed by atoms with Crippen LogP contribution in [0.2, 0.25) is 0 Å². The smallest absolute Gasteiger partial charge is 0.306 e. The van der Waals surface area contributed by atoms with Crippen molar-refractivity contribution in [3.05, 3.63) is 40.9 Å². The molecule has 2 aromatic rings. The molecule has 2 rings (SSSR count). The minimum absolute atomic E-state index is 0.0451. The molecule has 0 unspecified atom stereocenters. The summed E-state index contributed by atoms with van der Waals surface area (Å²) in [5.74, 6) is -0.695. The molecule has 1 amide bonds. The van der Waals surface area contributed by atoms with Crippen LogP contribution in [-0.4, -0.2) is 29.2 Å². The van der Waals surface area contributed by atoms with E-state index in [-0.39, 0.29) is 24.2 Å². The summed E-state index contributed by atoms with van der Waals surface area (Å²) in [6.45, 7) is 4.12. The SMILES string of the molecule is COC(=O)CCC(=O)Nc1nnc(C(C)(C)c2ccccc2)s1. The van der Waals surface area contributed by atoms with Gasteiger partial charge in [0.15, 0.2) is 0 Å². The molecule has 0 radical (unpaired) electrons. The molecule has 1 aromatic carbocycles. The van der Waals surface area contributed by atoms with Crippen molar-refractivity contribution in [3.63, 3.8) is 0 Å². The highest BCUT2D eigenvalue weighted by atomic mass is 32.1. The minimum atomic E-state index is -0.414. The first kappa shape index (κ1) is 17.1. The predicted octanol–water partition coefficient (Wildman–Crippen LogP) is 2.76. The van der Waals surface area contributed by atoms with E-state index in [1.165, 1.54) is 18.4 Å². The number of aromatic nitrogens is 2. The average molecular weight is 333 g/mol. The summed E-state index contributed by atoms with van der Waals surface area (Å²) < 4.78 is 4.50. The highest BCUT2D eigenvalue weighted by Crippen LogP contribution is 2.34. The van der Waals surface area contributed by atoms with Crippen LogP contribution < -0.4 is 5.32 Å².